The van der Waals surface area contributed by atoms with Gasteiger partial charge in [0.15, 0.2) is 0 Å². The molecule has 3 N–H and O–H groups in total. The van der Waals surface area contributed by atoms with E-state index in [9.17, 15) is 4.39 Å². The molecular formula is C12H20FN3. The summed E-state index contributed by atoms with van der Waals surface area (Å²) in [5.41, 5.74) is 6.27. The van der Waals surface area contributed by atoms with E-state index in [1.807, 2.05) is 0 Å². The number of hydrogen-bond donors (Lipinski definition) is 2. The number of hydrogen-bond acceptors (Lipinski definition) is 3. The first-order chi connectivity index (χ1) is 7.71. The van der Waals surface area contributed by atoms with Crippen molar-refractivity contribution in [1.82, 2.24) is 4.98 Å². The average Bonchev–Trinajstić information content (AvgIpc) is 2.31. The molecule has 3 nitrogen and oxygen atoms in total. The lowest BCUT2D eigenvalue weighted by atomic mass is 10.0. The molecule has 0 saturated heterocycles. The minimum absolute atomic E-state index is 0.302. The van der Waals surface area contributed by atoms with Crippen molar-refractivity contribution < 1.29 is 4.39 Å². The van der Waals surface area contributed by atoms with E-state index in [0.29, 0.717) is 18.3 Å². The normalized spacial score (nSPS) is 10.8. The van der Waals surface area contributed by atoms with E-state index < -0.39 is 0 Å². The number of anilines is 1. The Kier molecular flexibility index (Phi) is 5.19. The summed E-state index contributed by atoms with van der Waals surface area (Å²) in [5.74, 6) is 0.988. The Morgan fingerprint density at radius 2 is 2.12 bits per heavy atom. The van der Waals surface area contributed by atoms with Gasteiger partial charge in [-0.2, -0.15) is 0 Å². The van der Waals surface area contributed by atoms with Gasteiger partial charge in [0.1, 0.15) is 11.6 Å². The van der Waals surface area contributed by atoms with Crippen molar-refractivity contribution in [3.63, 3.8) is 0 Å². The van der Waals surface area contributed by atoms with Crippen LogP contribution in [-0.4, -0.2) is 11.5 Å². The van der Waals surface area contributed by atoms with E-state index in [2.05, 4.69) is 24.1 Å². The third kappa shape index (κ3) is 3.45. The van der Waals surface area contributed by atoms with Gasteiger partial charge in [0.25, 0.3) is 0 Å². The van der Waals surface area contributed by atoms with Gasteiger partial charge in [-0.1, -0.05) is 26.7 Å². The second-order valence-corrected chi connectivity index (χ2v) is 3.93. The number of pyridine rings is 1. The number of nitrogens with two attached hydrogens (primary N) is 1. The molecule has 0 bridgehead atoms. The van der Waals surface area contributed by atoms with Crippen LogP contribution in [0.3, 0.4) is 0 Å². The first-order valence-electron chi connectivity index (χ1n) is 5.79. The van der Waals surface area contributed by atoms with Gasteiger partial charge < -0.3 is 11.1 Å². The molecule has 0 atom stereocenters. The van der Waals surface area contributed by atoms with Crippen LogP contribution in [0.2, 0.25) is 0 Å². The van der Waals surface area contributed by atoms with E-state index >= 15 is 0 Å². The largest absolute Gasteiger partial charge is 0.370 e. The topological polar surface area (TPSA) is 50.9 Å². The van der Waals surface area contributed by atoms with Crippen LogP contribution in [0, 0.1) is 11.7 Å². The fourth-order valence-corrected chi connectivity index (χ4v) is 1.61. The van der Waals surface area contributed by atoms with Gasteiger partial charge in [0.2, 0.25) is 0 Å². The Morgan fingerprint density at radius 3 is 2.69 bits per heavy atom. The molecule has 0 aliphatic rings. The van der Waals surface area contributed by atoms with Crippen molar-refractivity contribution in [2.75, 3.05) is 11.9 Å². The molecule has 4 heteroatoms. The van der Waals surface area contributed by atoms with Crippen LogP contribution in [0.1, 0.15) is 32.3 Å². The number of nitrogens with one attached hydrogen (secondary N) is 1. The molecule has 16 heavy (non-hydrogen) atoms. The van der Waals surface area contributed by atoms with Crippen molar-refractivity contribution in [2.45, 2.75) is 33.2 Å². The first kappa shape index (κ1) is 12.9. The standard InChI is InChI=1S/C12H20FN3/c1-3-9(4-2)7-15-12-10(6-14)5-11(13)8-16-12/h5,8-9H,3-4,6-7,14H2,1-2H3,(H,15,16). The lowest BCUT2D eigenvalue weighted by Crippen LogP contribution is -2.15. The number of rotatable bonds is 6. The van der Waals surface area contributed by atoms with Crippen LogP contribution in [0.15, 0.2) is 12.3 Å². The zero-order valence-corrected chi connectivity index (χ0v) is 9.96. The van der Waals surface area contributed by atoms with Gasteiger partial charge in [0.05, 0.1) is 6.20 Å². The highest BCUT2D eigenvalue weighted by Gasteiger charge is 2.07. The third-order valence-corrected chi connectivity index (χ3v) is 2.87. The summed E-state index contributed by atoms with van der Waals surface area (Å²) in [6, 6.07) is 1.43. The van der Waals surface area contributed by atoms with E-state index in [-0.39, 0.29) is 5.82 Å². The predicted molar refractivity (Wildman–Crippen MR) is 64.6 cm³/mol. The summed E-state index contributed by atoms with van der Waals surface area (Å²) >= 11 is 0. The average molecular weight is 225 g/mol. The highest BCUT2D eigenvalue weighted by Crippen LogP contribution is 2.15. The first-order valence-corrected chi connectivity index (χ1v) is 5.79. The molecule has 0 aliphatic heterocycles. The van der Waals surface area contributed by atoms with Crippen LogP contribution in [-0.2, 0) is 6.54 Å². The SMILES string of the molecule is CCC(CC)CNc1ncc(F)cc1CN. The van der Waals surface area contributed by atoms with E-state index in [1.54, 1.807) is 0 Å². The molecule has 0 aliphatic carbocycles. The van der Waals surface area contributed by atoms with Crippen molar-refractivity contribution >= 4 is 5.82 Å². The number of halogens is 1. The van der Waals surface area contributed by atoms with E-state index in [4.69, 9.17) is 5.73 Å². The summed E-state index contributed by atoms with van der Waals surface area (Å²) in [6.07, 6.45) is 3.47. The molecule has 1 aromatic heterocycles. The van der Waals surface area contributed by atoms with Gasteiger partial charge in [-0.3, -0.25) is 0 Å². The monoisotopic (exact) mass is 225 g/mol. The van der Waals surface area contributed by atoms with Gasteiger partial charge in [0, 0.05) is 18.7 Å². The maximum Gasteiger partial charge on any atom is 0.141 e. The Hall–Kier alpha value is -1.16. The molecule has 1 heterocycles. The molecule has 0 aromatic carbocycles. The Morgan fingerprint density at radius 1 is 1.44 bits per heavy atom. The molecule has 1 rings (SSSR count). The highest BCUT2D eigenvalue weighted by molar-refractivity contribution is 5.43. The minimum Gasteiger partial charge on any atom is -0.370 e. The Labute approximate surface area is 96.3 Å². The fraction of sp³-hybridized carbons (Fsp3) is 0.583. The van der Waals surface area contributed by atoms with Gasteiger partial charge >= 0.3 is 0 Å². The van der Waals surface area contributed by atoms with Gasteiger partial charge in [-0.15, -0.1) is 0 Å². The Balaban J connectivity index is 2.65. The van der Waals surface area contributed by atoms with Crippen LogP contribution in [0.25, 0.3) is 0 Å². The predicted octanol–water partition coefficient (Wildman–Crippen LogP) is 2.53. The summed E-state index contributed by atoms with van der Waals surface area (Å²) < 4.78 is 12.9. The maximum atomic E-state index is 12.9. The Bertz CT molecular complexity index is 324. The lowest BCUT2D eigenvalue weighted by molar-refractivity contribution is 0.518. The van der Waals surface area contributed by atoms with Gasteiger partial charge in [-0.25, -0.2) is 9.37 Å². The van der Waals surface area contributed by atoms with Crippen LogP contribution in [0.4, 0.5) is 10.2 Å². The van der Waals surface area contributed by atoms with Crippen LogP contribution < -0.4 is 11.1 Å². The van der Waals surface area contributed by atoms with Crippen molar-refractivity contribution in [1.29, 1.82) is 0 Å². The molecule has 0 radical (unpaired) electrons. The zero-order valence-electron chi connectivity index (χ0n) is 9.96. The molecule has 0 fully saturated rings. The summed E-state index contributed by atoms with van der Waals surface area (Å²) in [5, 5.41) is 3.24. The molecule has 0 unspecified atom stereocenters. The number of aromatic nitrogens is 1. The van der Waals surface area contributed by atoms with E-state index in [0.717, 1.165) is 24.9 Å². The second-order valence-electron chi connectivity index (χ2n) is 3.93. The fourth-order valence-electron chi connectivity index (χ4n) is 1.61. The van der Waals surface area contributed by atoms with Crippen LogP contribution in [0.5, 0.6) is 0 Å². The molecular weight excluding hydrogens is 205 g/mol. The minimum atomic E-state index is -0.339. The summed E-state index contributed by atoms with van der Waals surface area (Å²) in [7, 11) is 0. The second kappa shape index (κ2) is 6.43. The molecule has 1 aromatic rings. The molecule has 0 amide bonds. The van der Waals surface area contributed by atoms with Crippen molar-refractivity contribution in [3.05, 3.63) is 23.6 Å². The van der Waals surface area contributed by atoms with Gasteiger partial charge in [-0.05, 0) is 12.0 Å². The highest BCUT2D eigenvalue weighted by atomic mass is 19.1. The molecule has 90 valence electrons. The third-order valence-electron chi connectivity index (χ3n) is 2.87. The van der Waals surface area contributed by atoms with Crippen molar-refractivity contribution in [2.24, 2.45) is 11.7 Å². The zero-order chi connectivity index (χ0) is 12.0. The lowest BCUT2D eigenvalue weighted by Gasteiger charge is -2.15. The van der Waals surface area contributed by atoms with Crippen LogP contribution >= 0.6 is 0 Å². The molecule has 0 saturated carbocycles. The van der Waals surface area contributed by atoms with E-state index in [1.165, 1.54) is 12.3 Å². The quantitative estimate of drug-likeness (QED) is 0.782. The van der Waals surface area contributed by atoms with Crippen molar-refractivity contribution in [3.8, 4) is 0 Å². The summed E-state index contributed by atoms with van der Waals surface area (Å²) in [4.78, 5) is 4.02. The smallest absolute Gasteiger partial charge is 0.141 e. The number of nitrogens with zero attached hydrogens (tertiary/aromatic N) is 1. The maximum absolute atomic E-state index is 12.9. The molecule has 0 spiro atoms. The summed E-state index contributed by atoms with van der Waals surface area (Å²) in [6.45, 7) is 5.49.